The molecule has 0 aliphatic rings. The summed E-state index contributed by atoms with van der Waals surface area (Å²) in [5.41, 5.74) is 1.50. The Labute approximate surface area is 122 Å². The van der Waals surface area contributed by atoms with Gasteiger partial charge in [-0.05, 0) is 17.7 Å². The van der Waals surface area contributed by atoms with Crippen LogP contribution in [0.5, 0.6) is 0 Å². The summed E-state index contributed by atoms with van der Waals surface area (Å²) < 4.78 is 4.86. The van der Waals surface area contributed by atoms with Crippen LogP contribution in [-0.4, -0.2) is 41.1 Å². The van der Waals surface area contributed by atoms with Gasteiger partial charge in [0.1, 0.15) is 0 Å². The molecular weight excluding hydrogens is 270 g/mol. The van der Waals surface area contributed by atoms with Crippen molar-refractivity contribution in [2.45, 2.75) is 6.54 Å². The van der Waals surface area contributed by atoms with Gasteiger partial charge in [0, 0.05) is 45.0 Å². The first kappa shape index (κ1) is 14.9. The molecule has 1 amide bonds. The highest BCUT2D eigenvalue weighted by molar-refractivity contribution is 5.93. The molecule has 2 aromatic rings. The largest absolute Gasteiger partial charge is 0.383 e. The van der Waals surface area contributed by atoms with E-state index in [4.69, 9.17) is 4.74 Å². The van der Waals surface area contributed by atoms with Crippen molar-refractivity contribution in [1.82, 2.24) is 20.3 Å². The maximum atomic E-state index is 11.7. The number of anilines is 1. The van der Waals surface area contributed by atoms with E-state index in [0.29, 0.717) is 31.2 Å². The van der Waals surface area contributed by atoms with Gasteiger partial charge in [-0.1, -0.05) is 0 Å². The fraction of sp³-hybridized carbons (Fsp3) is 0.286. The van der Waals surface area contributed by atoms with Crippen LogP contribution in [0.2, 0.25) is 0 Å². The summed E-state index contributed by atoms with van der Waals surface area (Å²) in [7, 11) is 1.58. The van der Waals surface area contributed by atoms with Gasteiger partial charge >= 0.3 is 0 Å². The van der Waals surface area contributed by atoms with Crippen molar-refractivity contribution in [3.8, 4) is 0 Å². The first-order chi connectivity index (χ1) is 10.3. The first-order valence-electron chi connectivity index (χ1n) is 6.51. The van der Waals surface area contributed by atoms with Crippen LogP contribution in [0.1, 0.15) is 15.9 Å². The smallest absolute Gasteiger partial charge is 0.254 e. The molecule has 0 atom stereocenters. The number of rotatable bonds is 7. The Hall–Kier alpha value is -2.54. The van der Waals surface area contributed by atoms with Gasteiger partial charge in [0.05, 0.1) is 12.2 Å². The number of amides is 1. The second-order valence-corrected chi connectivity index (χ2v) is 4.25. The van der Waals surface area contributed by atoms with Crippen LogP contribution in [0.25, 0.3) is 0 Å². The van der Waals surface area contributed by atoms with Crippen LogP contribution < -0.4 is 10.6 Å². The van der Waals surface area contributed by atoms with Crippen LogP contribution >= 0.6 is 0 Å². The summed E-state index contributed by atoms with van der Waals surface area (Å²) >= 11 is 0. The molecule has 2 aromatic heterocycles. The van der Waals surface area contributed by atoms with Gasteiger partial charge in [-0.25, -0.2) is 9.97 Å². The molecule has 21 heavy (non-hydrogen) atoms. The Balaban J connectivity index is 1.85. The lowest BCUT2D eigenvalue weighted by Gasteiger charge is -2.06. The van der Waals surface area contributed by atoms with E-state index in [1.807, 2.05) is 12.1 Å². The molecular formula is C14H17N5O2. The van der Waals surface area contributed by atoms with E-state index in [-0.39, 0.29) is 5.91 Å². The molecule has 0 saturated heterocycles. The van der Waals surface area contributed by atoms with E-state index in [0.717, 1.165) is 5.56 Å². The molecule has 110 valence electrons. The molecule has 0 bridgehead atoms. The number of aromatic nitrogens is 3. The van der Waals surface area contributed by atoms with E-state index in [1.54, 1.807) is 19.5 Å². The second-order valence-electron chi connectivity index (χ2n) is 4.25. The predicted molar refractivity (Wildman–Crippen MR) is 77.8 cm³/mol. The maximum absolute atomic E-state index is 11.7. The number of hydrogen-bond acceptors (Lipinski definition) is 6. The Morgan fingerprint density at radius 3 is 2.62 bits per heavy atom. The third kappa shape index (κ3) is 4.81. The van der Waals surface area contributed by atoms with E-state index >= 15 is 0 Å². The van der Waals surface area contributed by atoms with E-state index in [2.05, 4.69) is 25.6 Å². The molecule has 0 aromatic carbocycles. The number of nitrogens with zero attached hydrogens (tertiary/aromatic N) is 3. The van der Waals surface area contributed by atoms with Gasteiger partial charge in [-0.15, -0.1) is 0 Å². The Bertz CT molecular complexity index is 559. The molecule has 0 aliphatic heterocycles. The van der Waals surface area contributed by atoms with Crippen molar-refractivity contribution >= 4 is 11.9 Å². The Morgan fingerprint density at radius 2 is 1.95 bits per heavy atom. The monoisotopic (exact) mass is 287 g/mol. The third-order valence-corrected chi connectivity index (χ3v) is 2.71. The van der Waals surface area contributed by atoms with Crippen molar-refractivity contribution in [3.05, 3.63) is 48.0 Å². The van der Waals surface area contributed by atoms with Gasteiger partial charge < -0.3 is 15.4 Å². The van der Waals surface area contributed by atoms with E-state index < -0.39 is 0 Å². The van der Waals surface area contributed by atoms with Crippen molar-refractivity contribution in [2.24, 2.45) is 0 Å². The van der Waals surface area contributed by atoms with Gasteiger partial charge in [0.2, 0.25) is 5.95 Å². The summed E-state index contributed by atoms with van der Waals surface area (Å²) in [6, 6.07) is 3.81. The maximum Gasteiger partial charge on any atom is 0.254 e. The molecule has 0 unspecified atom stereocenters. The van der Waals surface area contributed by atoms with Crippen LogP contribution in [-0.2, 0) is 11.3 Å². The average Bonchev–Trinajstić information content (AvgIpc) is 2.54. The Morgan fingerprint density at radius 1 is 1.24 bits per heavy atom. The van der Waals surface area contributed by atoms with Crippen LogP contribution in [0.3, 0.4) is 0 Å². The van der Waals surface area contributed by atoms with Crippen LogP contribution in [0.4, 0.5) is 5.95 Å². The molecule has 0 fully saturated rings. The highest BCUT2D eigenvalue weighted by atomic mass is 16.5. The number of methoxy groups -OCH3 is 1. The summed E-state index contributed by atoms with van der Waals surface area (Å²) in [5, 5.41) is 5.78. The summed E-state index contributed by atoms with van der Waals surface area (Å²) in [6.07, 6.45) is 6.44. The third-order valence-electron chi connectivity index (χ3n) is 2.71. The standard InChI is InChI=1S/C14H17N5O2/c1-21-7-6-16-13(20)12-9-18-14(19-10-12)17-8-11-2-4-15-5-3-11/h2-5,9-10H,6-8H2,1H3,(H,16,20)(H,17,18,19). The number of ether oxygens (including phenoxy) is 1. The SMILES string of the molecule is COCCNC(=O)c1cnc(NCc2ccncc2)nc1. The minimum absolute atomic E-state index is 0.215. The topological polar surface area (TPSA) is 89.0 Å². The first-order valence-corrected chi connectivity index (χ1v) is 6.51. The lowest BCUT2D eigenvalue weighted by atomic mass is 10.3. The fourth-order valence-electron chi connectivity index (χ4n) is 1.59. The lowest BCUT2D eigenvalue weighted by molar-refractivity contribution is 0.0936. The number of carbonyl (C=O) groups is 1. The normalized spacial score (nSPS) is 10.1. The van der Waals surface area contributed by atoms with E-state index in [9.17, 15) is 4.79 Å². The number of hydrogen-bond donors (Lipinski definition) is 2. The van der Waals surface area contributed by atoms with Crippen LogP contribution in [0.15, 0.2) is 36.9 Å². The number of pyridine rings is 1. The fourth-order valence-corrected chi connectivity index (χ4v) is 1.59. The minimum Gasteiger partial charge on any atom is -0.383 e. The molecule has 0 aliphatic carbocycles. The second kappa shape index (κ2) is 7.91. The highest BCUT2D eigenvalue weighted by Crippen LogP contribution is 2.03. The molecule has 0 saturated carbocycles. The van der Waals surface area contributed by atoms with Crippen molar-refractivity contribution in [2.75, 3.05) is 25.6 Å². The highest BCUT2D eigenvalue weighted by Gasteiger charge is 2.06. The quantitative estimate of drug-likeness (QED) is 0.734. The summed E-state index contributed by atoms with van der Waals surface area (Å²) in [4.78, 5) is 23.9. The van der Waals surface area contributed by atoms with Gasteiger partial charge in [0.25, 0.3) is 5.91 Å². The van der Waals surface area contributed by atoms with Gasteiger partial charge in [-0.2, -0.15) is 0 Å². The molecule has 2 heterocycles. The minimum atomic E-state index is -0.215. The van der Waals surface area contributed by atoms with E-state index in [1.165, 1.54) is 12.4 Å². The predicted octanol–water partition coefficient (Wildman–Crippen LogP) is 0.860. The van der Waals surface area contributed by atoms with Crippen molar-refractivity contribution < 1.29 is 9.53 Å². The van der Waals surface area contributed by atoms with Gasteiger partial charge in [0.15, 0.2) is 0 Å². The molecule has 7 heteroatoms. The molecule has 7 nitrogen and oxygen atoms in total. The molecule has 2 rings (SSSR count). The Kier molecular flexibility index (Phi) is 5.60. The zero-order valence-corrected chi connectivity index (χ0v) is 11.7. The average molecular weight is 287 g/mol. The van der Waals surface area contributed by atoms with Crippen molar-refractivity contribution in [3.63, 3.8) is 0 Å². The van der Waals surface area contributed by atoms with Gasteiger partial charge in [-0.3, -0.25) is 9.78 Å². The molecule has 0 radical (unpaired) electrons. The molecule has 2 N–H and O–H groups in total. The summed E-state index contributed by atoms with van der Waals surface area (Å²) in [5.74, 6) is 0.257. The van der Waals surface area contributed by atoms with Crippen LogP contribution in [0, 0.1) is 0 Å². The lowest BCUT2D eigenvalue weighted by Crippen LogP contribution is -2.27. The summed E-state index contributed by atoms with van der Waals surface area (Å²) in [6.45, 7) is 1.53. The van der Waals surface area contributed by atoms with Crippen molar-refractivity contribution in [1.29, 1.82) is 0 Å². The zero-order valence-electron chi connectivity index (χ0n) is 11.7. The number of nitrogens with one attached hydrogen (secondary N) is 2. The zero-order chi connectivity index (χ0) is 14.9. The number of carbonyl (C=O) groups excluding carboxylic acids is 1. The molecule has 0 spiro atoms.